The zero-order chi connectivity index (χ0) is 11.4. The number of carbonyl (C=O) groups is 1. The molecule has 4 nitrogen and oxygen atoms in total. The molecule has 0 radical (unpaired) electrons. The first-order chi connectivity index (χ1) is 7.81. The van der Waals surface area contributed by atoms with Crippen LogP contribution in [0.25, 0.3) is 0 Å². The number of carbonyl (C=O) groups excluding carboxylic acids is 1. The topological polar surface area (TPSA) is 55.7 Å². The van der Waals surface area contributed by atoms with Gasteiger partial charge in [0.15, 0.2) is 5.78 Å². The first-order valence-electron chi connectivity index (χ1n) is 5.05. The summed E-state index contributed by atoms with van der Waals surface area (Å²) in [5.74, 6) is 0.0468. The van der Waals surface area contributed by atoms with Gasteiger partial charge in [0, 0.05) is 11.9 Å². The monoisotopic (exact) mass is 233 g/mol. The van der Waals surface area contributed by atoms with Gasteiger partial charge in [-0.2, -0.15) is 0 Å². The lowest BCUT2D eigenvalue weighted by molar-refractivity contribution is 0.0995. The van der Waals surface area contributed by atoms with Crippen molar-refractivity contribution < 1.29 is 4.79 Å². The number of aromatic nitrogens is 3. The summed E-state index contributed by atoms with van der Waals surface area (Å²) in [6, 6.07) is 5.55. The van der Waals surface area contributed by atoms with E-state index < -0.39 is 0 Å². The van der Waals surface area contributed by atoms with Gasteiger partial charge in [-0.25, -0.2) is 0 Å². The van der Waals surface area contributed by atoms with Crippen molar-refractivity contribution in [3.05, 3.63) is 40.7 Å². The molecule has 0 fully saturated rings. The van der Waals surface area contributed by atoms with Crippen LogP contribution < -0.4 is 0 Å². The van der Waals surface area contributed by atoms with E-state index >= 15 is 0 Å². The number of Topliss-reactive ketones (excluding diaryl/α,β-unsaturated/α-hetero) is 1. The Bertz CT molecular complexity index is 481. The fourth-order valence-electron chi connectivity index (χ4n) is 1.40. The minimum Gasteiger partial charge on any atom is -0.293 e. The fraction of sp³-hybridized carbons (Fsp3) is 0.273. The Labute approximate surface area is 97.5 Å². The third-order valence-corrected chi connectivity index (χ3v) is 3.02. The van der Waals surface area contributed by atoms with Crippen LogP contribution in [-0.2, 0) is 12.8 Å². The van der Waals surface area contributed by atoms with Crippen LogP contribution in [0.5, 0.6) is 0 Å². The first kappa shape index (κ1) is 10.9. The fourth-order valence-corrected chi connectivity index (χ4v) is 2.08. The van der Waals surface area contributed by atoms with Crippen molar-refractivity contribution in [2.24, 2.45) is 0 Å². The summed E-state index contributed by atoms with van der Waals surface area (Å²) in [6.07, 6.45) is 2.74. The zero-order valence-corrected chi connectivity index (χ0v) is 9.70. The lowest BCUT2D eigenvalue weighted by Crippen LogP contribution is -2.05. The Hall–Kier alpha value is -1.62. The van der Waals surface area contributed by atoms with E-state index in [9.17, 15) is 4.79 Å². The third-order valence-electron chi connectivity index (χ3n) is 2.21. The molecule has 16 heavy (non-hydrogen) atoms. The summed E-state index contributed by atoms with van der Waals surface area (Å²) >= 11 is 1.16. The van der Waals surface area contributed by atoms with E-state index in [0.717, 1.165) is 29.3 Å². The van der Waals surface area contributed by atoms with E-state index in [0.29, 0.717) is 11.3 Å². The molecule has 82 valence electrons. The highest BCUT2D eigenvalue weighted by atomic mass is 32.1. The highest BCUT2D eigenvalue weighted by Gasteiger charge is 2.15. The highest BCUT2D eigenvalue weighted by molar-refractivity contribution is 7.08. The van der Waals surface area contributed by atoms with E-state index in [2.05, 4.69) is 14.6 Å². The van der Waals surface area contributed by atoms with Crippen molar-refractivity contribution in [3.8, 4) is 0 Å². The smallest absolute Gasteiger partial charge is 0.182 e. The van der Waals surface area contributed by atoms with Gasteiger partial charge < -0.3 is 0 Å². The van der Waals surface area contributed by atoms with E-state index in [1.54, 1.807) is 6.20 Å². The van der Waals surface area contributed by atoms with Crippen LogP contribution in [0.3, 0.4) is 0 Å². The second kappa shape index (κ2) is 4.94. The molecular weight excluding hydrogens is 222 g/mol. The minimum absolute atomic E-state index is 0.0468. The van der Waals surface area contributed by atoms with Crippen LogP contribution in [0, 0.1) is 0 Å². The van der Waals surface area contributed by atoms with Gasteiger partial charge in [0.05, 0.1) is 12.1 Å². The second-order valence-electron chi connectivity index (χ2n) is 3.32. The average Bonchev–Trinajstić information content (AvgIpc) is 2.78. The van der Waals surface area contributed by atoms with E-state index in [-0.39, 0.29) is 5.78 Å². The molecule has 2 rings (SSSR count). The van der Waals surface area contributed by atoms with Gasteiger partial charge in [0.1, 0.15) is 4.88 Å². The number of nitrogens with zero attached hydrogens (tertiary/aromatic N) is 3. The number of hydrogen-bond acceptors (Lipinski definition) is 5. The molecule has 0 aliphatic rings. The lowest BCUT2D eigenvalue weighted by Gasteiger charge is -1.98. The largest absolute Gasteiger partial charge is 0.293 e. The van der Waals surface area contributed by atoms with E-state index in [1.807, 2.05) is 25.1 Å². The van der Waals surface area contributed by atoms with Crippen LogP contribution in [0.2, 0.25) is 0 Å². The molecule has 0 atom stereocenters. The Morgan fingerprint density at radius 2 is 2.31 bits per heavy atom. The number of hydrogen-bond donors (Lipinski definition) is 0. The predicted octanol–water partition coefficient (Wildman–Crippen LogP) is 1.92. The first-order valence-corrected chi connectivity index (χ1v) is 5.83. The molecule has 0 saturated heterocycles. The summed E-state index contributed by atoms with van der Waals surface area (Å²) in [5.41, 5.74) is 1.56. The van der Waals surface area contributed by atoms with Gasteiger partial charge in [-0.3, -0.25) is 9.78 Å². The van der Waals surface area contributed by atoms with Crippen molar-refractivity contribution in [2.45, 2.75) is 19.8 Å². The van der Waals surface area contributed by atoms with Gasteiger partial charge >= 0.3 is 0 Å². The highest BCUT2D eigenvalue weighted by Crippen LogP contribution is 2.14. The van der Waals surface area contributed by atoms with Crippen LogP contribution in [-0.4, -0.2) is 20.4 Å². The SMILES string of the molecule is CCc1nnsc1C(=O)Cc1ccccn1. The molecule has 0 spiro atoms. The molecule has 0 bridgehead atoms. The molecule has 0 unspecified atom stereocenters. The van der Waals surface area contributed by atoms with Crippen molar-refractivity contribution >= 4 is 17.3 Å². The van der Waals surface area contributed by atoms with Gasteiger partial charge in [-0.1, -0.05) is 17.5 Å². The summed E-state index contributed by atoms with van der Waals surface area (Å²) in [7, 11) is 0. The maximum Gasteiger partial charge on any atom is 0.182 e. The molecule has 0 aromatic carbocycles. The normalized spacial score (nSPS) is 10.3. The Morgan fingerprint density at radius 1 is 1.44 bits per heavy atom. The van der Waals surface area contributed by atoms with Gasteiger partial charge in [0.2, 0.25) is 0 Å². The van der Waals surface area contributed by atoms with Crippen LogP contribution in [0.15, 0.2) is 24.4 Å². The molecule has 2 heterocycles. The molecule has 5 heteroatoms. The van der Waals surface area contributed by atoms with Gasteiger partial charge in [-0.05, 0) is 30.1 Å². The summed E-state index contributed by atoms with van der Waals surface area (Å²) in [5, 5.41) is 3.92. The molecule has 0 N–H and O–H groups in total. The number of pyridine rings is 1. The Kier molecular flexibility index (Phi) is 3.36. The lowest BCUT2D eigenvalue weighted by atomic mass is 10.1. The maximum atomic E-state index is 11.9. The number of rotatable bonds is 4. The molecule has 0 amide bonds. The number of ketones is 1. The Balaban J connectivity index is 2.15. The molecule has 0 aliphatic carbocycles. The van der Waals surface area contributed by atoms with Gasteiger partial charge in [0.25, 0.3) is 0 Å². The average molecular weight is 233 g/mol. The second-order valence-corrected chi connectivity index (χ2v) is 4.08. The molecular formula is C11H11N3OS. The van der Waals surface area contributed by atoms with Crippen LogP contribution in [0.1, 0.15) is 28.0 Å². The van der Waals surface area contributed by atoms with E-state index in [4.69, 9.17) is 0 Å². The minimum atomic E-state index is 0.0468. The van der Waals surface area contributed by atoms with Crippen LogP contribution >= 0.6 is 11.5 Å². The van der Waals surface area contributed by atoms with Crippen molar-refractivity contribution in [1.82, 2.24) is 14.6 Å². The zero-order valence-electron chi connectivity index (χ0n) is 8.88. The Morgan fingerprint density at radius 3 is 3.00 bits per heavy atom. The summed E-state index contributed by atoms with van der Waals surface area (Å²) in [4.78, 5) is 16.7. The standard InChI is InChI=1S/C11H11N3OS/c1-2-9-11(16-14-13-9)10(15)7-8-5-3-4-6-12-8/h3-6H,2,7H2,1H3. The quantitative estimate of drug-likeness (QED) is 0.757. The number of aryl methyl sites for hydroxylation is 1. The molecule has 2 aromatic rings. The molecule has 0 aliphatic heterocycles. The van der Waals surface area contributed by atoms with E-state index in [1.165, 1.54) is 0 Å². The summed E-state index contributed by atoms with van der Waals surface area (Å²) < 4.78 is 3.81. The van der Waals surface area contributed by atoms with Crippen molar-refractivity contribution in [2.75, 3.05) is 0 Å². The van der Waals surface area contributed by atoms with Gasteiger partial charge in [-0.15, -0.1) is 5.10 Å². The van der Waals surface area contributed by atoms with Crippen molar-refractivity contribution in [3.63, 3.8) is 0 Å². The third kappa shape index (κ3) is 2.30. The maximum absolute atomic E-state index is 11.9. The molecule has 2 aromatic heterocycles. The summed E-state index contributed by atoms with van der Waals surface area (Å²) in [6.45, 7) is 1.97. The molecule has 0 saturated carbocycles. The van der Waals surface area contributed by atoms with Crippen molar-refractivity contribution in [1.29, 1.82) is 0 Å². The van der Waals surface area contributed by atoms with Crippen LogP contribution in [0.4, 0.5) is 0 Å². The predicted molar refractivity (Wildman–Crippen MR) is 61.6 cm³/mol.